The number of ether oxygens (including phenoxy) is 2. The monoisotopic (exact) mass is 268 g/mol. The first-order chi connectivity index (χ1) is 9.25. The molecule has 0 spiro atoms. The second-order valence-corrected chi connectivity index (χ2v) is 6.16. The van der Waals surface area contributed by atoms with E-state index in [1.54, 1.807) is 7.11 Å². The zero-order valence-corrected chi connectivity index (χ0v) is 12.5. The van der Waals surface area contributed by atoms with E-state index >= 15 is 0 Å². The molecule has 0 bridgehead atoms. The van der Waals surface area contributed by atoms with Crippen LogP contribution in [0, 0.1) is 17.3 Å². The van der Waals surface area contributed by atoms with Crippen LogP contribution in [0.4, 0.5) is 0 Å². The number of rotatable bonds is 6. The van der Waals surface area contributed by atoms with Gasteiger partial charge in [0.1, 0.15) is 0 Å². The average Bonchev–Trinajstić information content (AvgIpc) is 3.09. The molecular formula is C16H28O3. The standard InChI is InChI=1S/C16H28O3/c1-3-19-15(17)16(12-18-2,13-8-4-5-9-13)14-10-6-7-11-14/h13-14H,3-12H2,1-2H3. The summed E-state index contributed by atoms with van der Waals surface area (Å²) in [6, 6.07) is 0. The maximum absolute atomic E-state index is 12.7. The molecule has 2 aliphatic rings. The molecule has 19 heavy (non-hydrogen) atoms. The molecule has 0 amide bonds. The van der Waals surface area contributed by atoms with Crippen LogP contribution >= 0.6 is 0 Å². The summed E-state index contributed by atoms with van der Waals surface area (Å²) in [5.41, 5.74) is -0.363. The summed E-state index contributed by atoms with van der Waals surface area (Å²) in [5, 5.41) is 0. The molecule has 110 valence electrons. The van der Waals surface area contributed by atoms with Gasteiger partial charge in [0, 0.05) is 7.11 Å². The quantitative estimate of drug-likeness (QED) is 0.691. The van der Waals surface area contributed by atoms with Crippen molar-refractivity contribution in [3.8, 4) is 0 Å². The van der Waals surface area contributed by atoms with Gasteiger partial charge >= 0.3 is 5.97 Å². The van der Waals surface area contributed by atoms with Gasteiger partial charge < -0.3 is 9.47 Å². The number of carbonyl (C=O) groups is 1. The summed E-state index contributed by atoms with van der Waals surface area (Å²) in [4.78, 5) is 12.7. The van der Waals surface area contributed by atoms with E-state index < -0.39 is 0 Å². The summed E-state index contributed by atoms with van der Waals surface area (Å²) in [6.07, 6.45) is 9.67. The number of methoxy groups -OCH3 is 1. The van der Waals surface area contributed by atoms with E-state index in [2.05, 4.69) is 0 Å². The van der Waals surface area contributed by atoms with Gasteiger partial charge in [-0.2, -0.15) is 0 Å². The van der Waals surface area contributed by atoms with Gasteiger partial charge in [-0.15, -0.1) is 0 Å². The molecule has 0 N–H and O–H groups in total. The van der Waals surface area contributed by atoms with E-state index in [0.29, 0.717) is 25.0 Å². The lowest BCUT2D eigenvalue weighted by Gasteiger charge is -2.41. The van der Waals surface area contributed by atoms with Crippen LogP contribution in [0.5, 0.6) is 0 Å². The molecule has 2 aliphatic carbocycles. The smallest absolute Gasteiger partial charge is 0.314 e. The Morgan fingerprint density at radius 2 is 1.53 bits per heavy atom. The van der Waals surface area contributed by atoms with Crippen molar-refractivity contribution in [3.63, 3.8) is 0 Å². The highest BCUT2D eigenvalue weighted by molar-refractivity contribution is 5.78. The van der Waals surface area contributed by atoms with Gasteiger partial charge in [-0.25, -0.2) is 0 Å². The van der Waals surface area contributed by atoms with Gasteiger partial charge in [0.15, 0.2) is 0 Å². The van der Waals surface area contributed by atoms with Gasteiger partial charge in [-0.05, 0) is 44.4 Å². The molecule has 0 saturated heterocycles. The van der Waals surface area contributed by atoms with Crippen LogP contribution in [0.3, 0.4) is 0 Å². The lowest BCUT2D eigenvalue weighted by molar-refractivity contribution is -0.169. The fourth-order valence-corrected chi connectivity index (χ4v) is 4.35. The minimum atomic E-state index is -0.363. The van der Waals surface area contributed by atoms with Gasteiger partial charge in [0.05, 0.1) is 18.6 Å². The van der Waals surface area contributed by atoms with Crippen LogP contribution in [0.25, 0.3) is 0 Å². The molecule has 0 aromatic rings. The number of hydrogen-bond acceptors (Lipinski definition) is 3. The molecule has 3 heteroatoms. The van der Waals surface area contributed by atoms with Crippen molar-refractivity contribution >= 4 is 5.97 Å². The highest BCUT2D eigenvalue weighted by atomic mass is 16.5. The van der Waals surface area contributed by atoms with Gasteiger partial charge in [0.25, 0.3) is 0 Å². The average molecular weight is 268 g/mol. The third-order valence-corrected chi connectivity index (χ3v) is 5.21. The Morgan fingerprint density at radius 1 is 1.05 bits per heavy atom. The van der Waals surface area contributed by atoms with E-state index in [0.717, 1.165) is 0 Å². The lowest BCUT2D eigenvalue weighted by Crippen LogP contribution is -2.48. The Kier molecular flexibility index (Phi) is 5.26. The van der Waals surface area contributed by atoms with Crippen LogP contribution in [-0.2, 0) is 14.3 Å². The van der Waals surface area contributed by atoms with Crippen LogP contribution in [0.2, 0.25) is 0 Å². The molecule has 0 atom stereocenters. The molecule has 0 radical (unpaired) electrons. The Bertz CT molecular complexity index is 272. The molecule has 0 aromatic heterocycles. The molecule has 2 saturated carbocycles. The highest BCUT2D eigenvalue weighted by Gasteiger charge is 2.53. The zero-order valence-electron chi connectivity index (χ0n) is 12.5. The van der Waals surface area contributed by atoms with Crippen molar-refractivity contribution in [2.24, 2.45) is 17.3 Å². The van der Waals surface area contributed by atoms with Gasteiger partial charge in [0.2, 0.25) is 0 Å². The van der Waals surface area contributed by atoms with Crippen LogP contribution in [-0.4, -0.2) is 26.3 Å². The van der Waals surface area contributed by atoms with E-state index in [-0.39, 0.29) is 11.4 Å². The van der Waals surface area contributed by atoms with Crippen LogP contribution in [0.1, 0.15) is 58.3 Å². The number of hydrogen-bond donors (Lipinski definition) is 0. The fraction of sp³-hybridized carbons (Fsp3) is 0.938. The van der Waals surface area contributed by atoms with Crippen molar-refractivity contribution in [2.45, 2.75) is 58.3 Å². The SMILES string of the molecule is CCOC(=O)C(COC)(C1CCCC1)C1CCCC1. The van der Waals surface area contributed by atoms with Crippen molar-refractivity contribution in [3.05, 3.63) is 0 Å². The highest BCUT2D eigenvalue weighted by Crippen LogP contribution is 2.51. The van der Waals surface area contributed by atoms with Crippen molar-refractivity contribution in [1.82, 2.24) is 0 Å². The minimum Gasteiger partial charge on any atom is -0.465 e. The minimum absolute atomic E-state index is 0.00986. The first kappa shape index (κ1) is 14.8. The van der Waals surface area contributed by atoms with E-state index in [9.17, 15) is 4.79 Å². The molecule has 0 heterocycles. The fourth-order valence-electron chi connectivity index (χ4n) is 4.35. The number of esters is 1. The summed E-state index contributed by atoms with van der Waals surface area (Å²) < 4.78 is 11.0. The van der Waals surface area contributed by atoms with Crippen molar-refractivity contribution in [2.75, 3.05) is 20.3 Å². The van der Waals surface area contributed by atoms with Crippen molar-refractivity contribution in [1.29, 1.82) is 0 Å². The predicted octanol–water partition coefficient (Wildman–Crippen LogP) is 3.56. The Labute approximate surface area is 117 Å². The van der Waals surface area contributed by atoms with Crippen LogP contribution in [0.15, 0.2) is 0 Å². The number of carbonyl (C=O) groups excluding carboxylic acids is 1. The molecule has 3 nitrogen and oxygen atoms in total. The summed E-state index contributed by atoms with van der Waals surface area (Å²) in [6.45, 7) is 2.92. The first-order valence-electron chi connectivity index (χ1n) is 7.91. The topological polar surface area (TPSA) is 35.5 Å². The first-order valence-corrected chi connectivity index (χ1v) is 7.91. The largest absolute Gasteiger partial charge is 0.465 e. The molecular weight excluding hydrogens is 240 g/mol. The van der Waals surface area contributed by atoms with Crippen LogP contribution < -0.4 is 0 Å². The lowest BCUT2D eigenvalue weighted by atomic mass is 9.65. The van der Waals surface area contributed by atoms with E-state index in [1.807, 2.05) is 6.92 Å². The molecule has 0 aromatic carbocycles. The third kappa shape index (κ3) is 2.81. The third-order valence-electron chi connectivity index (χ3n) is 5.21. The van der Waals surface area contributed by atoms with E-state index in [1.165, 1.54) is 51.4 Å². The maximum Gasteiger partial charge on any atom is 0.314 e. The predicted molar refractivity (Wildman–Crippen MR) is 74.9 cm³/mol. The summed E-state index contributed by atoms with van der Waals surface area (Å²) in [5.74, 6) is 0.944. The van der Waals surface area contributed by atoms with E-state index in [4.69, 9.17) is 9.47 Å². The Balaban J connectivity index is 2.27. The maximum atomic E-state index is 12.7. The Morgan fingerprint density at radius 3 is 1.89 bits per heavy atom. The van der Waals surface area contributed by atoms with Gasteiger partial charge in [-0.3, -0.25) is 4.79 Å². The normalized spacial score (nSPS) is 22.0. The molecule has 2 fully saturated rings. The second-order valence-electron chi connectivity index (χ2n) is 6.16. The summed E-state index contributed by atoms with van der Waals surface area (Å²) in [7, 11) is 1.72. The summed E-state index contributed by atoms with van der Waals surface area (Å²) >= 11 is 0. The molecule has 0 aliphatic heterocycles. The zero-order chi connectivity index (χ0) is 13.7. The van der Waals surface area contributed by atoms with Crippen molar-refractivity contribution < 1.29 is 14.3 Å². The second kappa shape index (κ2) is 6.74. The molecule has 0 unspecified atom stereocenters. The van der Waals surface area contributed by atoms with Gasteiger partial charge in [-0.1, -0.05) is 25.7 Å². The molecule has 2 rings (SSSR count). The Hall–Kier alpha value is -0.570.